The molecule has 5 heteroatoms. The van der Waals surface area contributed by atoms with E-state index >= 15 is 0 Å². The molecule has 0 aliphatic carbocycles. The van der Waals surface area contributed by atoms with Crippen LogP contribution in [0.25, 0.3) is 0 Å². The predicted octanol–water partition coefficient (Wildman–Crippen LogP) is 2.37. The molecule has 0 spiro atoms. The van der Waals surface area contributed by atoms with Crippen molar-refractivity contribution in [2.24, 2.45) is 0 Å². The molecule has 0 heterocycles. The lowest BCUT2D eigenvalue weighted by Gasteiger charge is -2.25. The number of rotatable bonds is 6. The van der Waals surface area contributed by atoms with Gasteiger partial charge < -0.3 is 15.3 Å². The molecule has 0 unspecified atom stereocenters. The molecule has 0 aliphatic rings. The number of hydrogen-bond acceptors (Lipinski definition) is 2. The highest BCUT2D eigenvalue weighted by Gasteiger charge is 2.13. The van der Waals surface area contributed by atoms with E-state index in [1.807, 2.05) is 26.8 Å². The number of hydrogen-bond donors (Lipinski definition) is 2. The van der Waals surface area contributed by atoms with Crippen LogP contribution in [-0.4, -0.2) is 41.1 Å². The molecule has 0 fully saturated rings. The predicted molar refractivity (Wildman–Crippen MR) is 78.0 cm³/mol. The first kappa shape index (κ1) is 16.0. The number of urea groups is 1. The van der Waals surface area contributed by atoms with E-state index in [1.165, 1.54) is 0 Å². The summed E-state index contributed by atoms with van der Waals surface area (Å²) < 4.78 is 0. The van der Waals surface area contributed by atoms with Crippen LogP contribution in [-0.2, 0) is 6.42 Å². The molecule has 2 amide bonds. The second-order valence-corrected chi connectivity index (χ2v) is 4.87. The van der Waals surface area contributed by atoms with Crippen LogP contribution < -0.4 is 5.32 Å². The summed E-state index contributed by atoms with van der Waals surface area (Å²) >= 11 is 0. The second kappa shape index (κ2) is 7.53. The van der Waals surface area contributed by atoms with E-state index in [4.69, 9.17) is 5.11 Å². The molecule has 110 valence electrons. The van der Waals surface area contributed by atoms with E-state index in [-0.39, 0.29) is 17.6 Å². The second-order valence-electron chi connectivity index (χ2n) is 4.87. The van der Waals surface area contributed by atoms with Gasteiger partial charge in [0.05, 0.1) is 5.56 Å². The zero-order valence-corrected chi connectivity index (χ0v) is 12.2. The van der Waals surface area contributed by atoms with Crippen LogP contribution in [0.4, 0.5) is 4.79 Å². The number of nitrogens with zero attached hydrogens (tertiary/aromatic N) is 1. The molecule has 1 aromatic carbocycles. The van der Waals surface area contributed by atoms with E-state index in [1.54, 1.807) is 23.1 Å². The van der Waals surface area contributed by atoms with Gasteiger partial charge in [0, 0.05) is 19.1 Å². The number of carbonyl (C=O) groups is 2. The van der Waals surface area contributed by atoms with Crippen molar-refractivity contribution in [2.75, 3.05) is 13.1 Å². The van der Waals surface area contributed by atoms with Crippen molar-refractivity contribution < 1.29 is 14.7 Å². The van der Waals surface area contributed by atoms with E-state index in [0.29, 0.717) is 19.5 Å². The zero-order chi connectivity index (χ0) is 15.1. The van der Waals surface area contributed by atoms with Crippen LogP contribution in [0.5, 0.6) is 0 Å². The Morgan fingerprint density at radius 2 is 2.05 bits per heavy atom. The molecule has 2 N–H and O–H groups in total. The van der Waals surface area contributed by atoms with Gasteiger partial charge in [-0.1, -0.05) is 12.1 Å². The summed E-state index contributed by atoms with van der Waals surface area (Å²) in [7, 11) is 0. The fourth-order valence-corrected chi connectivity index (χ4v) is 2.02. The minimum absolute atomic E-state index is 0.0862. The molecule has 0 saturated carbocycles. The molecule has 0 radical (unpaired) electrons. The summed E-state index contributed by atoms with van der Waals surface area (Å²) in [6, 6.07) is 6.84. The normalized spacial score (nSPS) is 10.4. The first-order chi connectivity index (χ1) is 9.45. The van der Waals surface area contributed by atoms with E-state index < -0.39 is 5.97 Å². The van der Waals surface area contributed by atoms with Crippen molar-refractivity contribution in [1.82, 2.24) is 10.2 Å². The SMILES string of the molecule is CCN(C(=O)NCCc1cccc(C(=O)O)c1)C(C)C. The maximum absolute atomic E-state index is 11.9. The molecule has 0 saturated heterocycles. The first-order valence-corrected chi connectivity index (χ1v) is 6.82. The van der Waals surface area contributed by atoms with Crippen molar-refractivity contribution in [1.29, 1.82) is 0 Å². The van der Waals surface area contributed by atoms with Gasteiger partial charge in [0.15, 0.2) is 0 Å². The number of carboxylic acid groups (broad SMARTS) is 1. The summed E-state index contributed by atoms with van der Waals surface area (Å²) in [5.41, 5.74) is 1.17. The van der Waals surface area contributed by atoms with Crippen LogP contribution in [0.15, 0.2) is 24.3 Å². The van der Waals surface area contributed by atoms with Crippen molar-refractivity contribution in [3.8, 4) is 0 Å². The average Bonchev–Trinajstić information content (AvgIpc) is 2.39. The van der Waals surface area contributed by atoms with Gasteiger partial charge in [0.1, 0.15) is 0 Å². The maximum Gasteiger partial charge on any atom is 0.335 e. The van der Waals surface area contributed by atoms with Crippen molar-refractivity contribution in [3.63, 3.8) is 0 Å². The molecule has 5 nitrogen and oxygen atoms in total. The smallest absolute Gasteiger partial charge is 0.335 e. The quantitative estimate of drug-likeness (QED) is 0.839. The molecule has 0 atom stereocenters. The van der Waals surface area contributed by atoms with Crippen LogP contribution in [0.3, 0.4) is 0 Å². The Hall–Kier alpha value is -2.04. The van der Waals surface area contributed by atoms with E-state index in [2.05, 4.69) is 5.32 Å². The lowest BCUT2D eigenvalue weighted by molar-refractivity contribution is 0.0696. The average molecular weight is 278 g/mol. The molecule has 20 heavy (non-hydrogen) atoms. The van der Waals surface area contributed by atoms with Crippen LogP contribution in [0.2, 0.25) is 0 Å². The van der Waals surface area contributed by atoms with Gasteiger partial charge in [0.2, 0.25) is 0 Å². The van der Waals surface area contributed by atoms with Gasteiger partial charge in [0.25, 0.3) is 0 Å². The third-order valence-corrected chi connectivity index (χ3v) is 3.09. The summed E-state index contributed by atoms with van der Waals surface area (Å²) in [6.07, 6.45) is 0.614. The zero-order valence-electron chi connectivity index (χ0n) is 12.2. The minimum atomic E-state index is -0.937. The number of aromatic carboxylic acids is 1. The Labute approximate surface area is 119 Å². The highest BCUT2D eigenvalue weighted by Crippen LogP contribution is 2.06. The highest BCUT2D eigenvalue weighted by atomic mass is 16.4. The van der Waals surface area contributed by atoms with Crippen LogP contribution in [0, 0.1) is 0 Å². The number of nitrogens with one attached hydrogen (secondary N) is 1. The number of benzene rings is 1. The van der Waals surface area contributed by atoms with Crippen LogP contribution in [0.1, 0.15) is 36.7 Å². The Kier molecular flexibility index (Phi) is 6.03. The maximum atomic E-state index is 11.9. The van der Waals surface area contributed by atoms with Crippen molar-refractivity contribution in [3.05, 3.63) is 35.4 Å². The van der Waals surface area contributed by atoms with E-state index in [9.17, 15) is 9.59 Å². The van der Waals surface area contributed by atoms with E-state index in [0.717, 1.165) is 5.56 Å². The summed E-state index contributed by atoms with van der Waals surface area (Å²) in [6.45, 7) is 7.04. The molecule has 0 bridgehead atoms. The highest BCUT2D eigenvalue weighted by molar-refractivity contribution is 5.87. The van der Waals surface area contributed by atoms with Gasteiger partial charge in [-0.25, -0.2) is 9.59 Å². The number of carbonyl (C=O) groups excluding carboxylic acids is 1. The molecule has 0 aliphatic heterocycles. The Bertz CT molecular complexity index is 472. The fourth-order valence-electron chi connectivity index (χ4n) is 2.02. The molecule has 0 aromatic heterocycles. The van der Waals surface area contributed by atoms with Gasteiger partial charge in [-0.3, -0.25) is 0 Å². The molecular formula is C15H22N2O3. The summed E-state index contributed by atoms with van der Waals surface area (Å²) in [5.74, 6) is -0.937. The largest absolute Gasteiger partial charge is 0.478 e. The third kappa shape index (κ3) is 4.57. The third-order valence-electron chi connectivity index (χ3n) is 3.09. The lowest BCUT2D eigenvalue weighted by atomic mass is 10.1. The topological polar surface area (TPSA) is 69.6 Å². The molecule has 1 rings (SSSR count). The molecule has 1 aromatic rings. The Balaban J connectivity index is 2.50. The number of amides is 2. The number of carboxylic acids is 1. The summed E-state index contributed by atoms with van der Waals surface area (Å²) in [4.78, 5) is 24.5. The Morgan fingerprint density at radius 3 is 2.60 bits per heavy atom. The first-order valence-electron chi connectivity index (χ1n) is 6.82. The van der Waals surface area contributed by atoms with Crippen molar-refractivity contribution >= 4 is 12.0 Å². The van der Waals surface area contributed by atoms with Gasteiger partial charge in [-0.05, 0) is 44.9 Å². The Morgan fingerprint density at radius 1 is 1.35 bits per heavy atom. The standard InChI is InChI=1S/C15H22N2O3/c1-4-17(11(2)3)15(20)16-9-8-12-6-5-7-13(10-12)14(18)19/h5-7,10-11H,4,8-9H2,1-3H3,(H,16,20)(H,18,19). The minimum Gasteiger partial charge on any atom is -0.478 e. The van der Waals surface area contributed by atoms with Gasteiger partial charge in [-0.15, -0.1) is 0 Å². The molecular weight excluding hydrogens is 256 g/mol. The van der Waals surface area contributed by atoms with Gasteiger partial charge >= 0.3 is 12.0 Å². The fraction of sp³-hybridized carbons (Fsp3) is 0.467. The monoisotopic (exact) mass is 278 g/mol. The lowest BCUT2D eigenvalue weighted by Crippen LogP contribution is -2.44. The van der Waals surface area contributed by atoms with Gasteiger partial charge in [-0.2, -0.15) is 0 Å². The summed E-state index contributed by atoms with van der Waals surface area (Å²) in [5, 5.41) is 11.8. The van der Waals surface area contributed by atoms with Crippen LogP contribution >= 0.6 is 0 Å². The van der Waals surface area contributed by atoms with Crippen molar-refractivity contribution in [2.45, 2.75) is 33.2 Å².